The summed E-state index contributed by atoms with van der Waals surface area (Å²) >= 11 is 5.84. The summed E-state index contributed by atoms with van der Waals surface area (Å²) < 4.78 is 6.79. The van der Waals surface area contributed by atoms with Gasteiger partial charge in [0.2, 0.25) is 0 Å². The van der Waals surface area contributed by atoms with E-state index in [4.69, 9.17) is 16.3 Å². The third-order valence-corrected chi connectivity index (χ3v) is 3.25. The Labute approximate surface area is 128 Å². The largest absolute Gasteiger partial charge is 0.459 e. The van der Waals surface area contributed by atoms with Crippen molar-refractivity contribution >= 4 is 17.6 Å². The van der Waals surface area contributed by atoms with Gasteiger partial charge in [-0.3, -0.25) is 4.79 Å². The first kappa shape index (κ1) is 15.5. The zero-order valence-electron chi connectivity index (χ0n) is 12.0. The highest BCUT2D eigenvalue weighted by atomic mass is 35.5. The van der Waals surface area contributed by atoms with Gasteiger partial charge in [0.25, 0.3) is 0 Å². The Bertz CT molecular complexity index is 581. The number of carbonyl (C=O) groups excluding carboxylic acids is 1. The number of hydrogen-bond donors (Lipinski definition) is 0. The molecule has 1 heterocycles. The molecular weight excluding hydrogens is 290 g/mol. The van der Waals surface area contributed by atoms with Crippen LogP contribution in [0.15, 0.2) is 30.5 Å². The van der Waals surface area contributed by atoms with Gasteiger partial charge >= 0.3 is 5.97 Å². The molecule has 0 amide bonds. The van der Waals surface area contributed by atoms with E-state index < -0.39 is 0 Å². The Morgan fingerprint density at radius 3 is 2.76 bits per heavy atom. The van der Waals surface area contributed by atoms with Gasteiger partial charge in [-0.25, -0.2) is 4.68 Å². The number of unbranched alkanes of at least 4 members (excludes halogenated alkanes) is 2. The first-order valence-electron chi connectivity index (χ1n) is 7.02. The molecule has 0 fully saturated rings. The van der Waals surface area contributed by atoms with Gasteiger partial charge in [-0.2, -0.15) is 0 Å². The molecule has 6 heteroatoms. The third-order valence-electron chi connectivity index (χ3n) is 3.00. The molecule has 0 N–H and O–H groups in total. The summed E-state index contributed by atoms with van der Waals surface area (Å²) in [5.74, 6) is -0.190. The van der Waals surface area contributed by atoms with Gasteiger partial charge in [0.05, 0.1) is 11.9 Å². The molecule has 1 aromatic carbocycles. The first-order valence-corrected chi connectivity index (χ1v) is 7.39. The van der Waals surface area contributed by atoms with Crippen LogP contribution in [0.2, 0.25) is 5.02 Å². The van der Waals surface area contributed by atoms with Crippen molar-refractivity contribution in [2.45, 2.75) is 39.2 Å². The predicted octanol–water partition coefficient (Wildman–Crippen LogP) is 3.54. The van der Waals surface area contributed by atoms with Crippen LogP contribution in [0.25, 0.3) is 5.69 Å². The number of nitrogens with zero attached hydrogens (tertiary/aromatic N) is 3. The molecule has 0 spiro atoms. The number of esters is 1. The summed E-state index contributed by atoms with van der Waals surface area (Å²) in [5.41, 5.74) is 1.47. The summed E-state index contributed by atoms with van der Waals surface area (Å²) in [6, 6.07) is 7.26. The molecule has 21 heavy (non-hydrogen) atoms. The van der Waals surface area contributed by atoms with Crippen molar-refractivity contribution in [1.82, 2.24) is 15.0 Å². The van der Waals surface area contributed by atoms with Crippen molar-refractivity contribution in [3.63, 3.8) is 0 Å². The van der Waals surface area contributed by atoms with Gasteiger partial charge in [-0.05, 0) is 30.7 Å². The normalized spacial score (nSPS) is 10.6. The van der Waals surface area contributed by atoms with Gasteiger partial charge in [0, 0.05) is 11.4 Å². The Kier molecular flexibility index (Phi) is 5.75. The summed E-state index contributed by atoms with van der Waals surface area (Å²) in [7, 11) is 0. The molecule has 1 aromatic heterocycles. The minimum absolute atomic E-state index is 0.151. The van der Waals surface area contributed by atoms with Crippen molar-refractivity contribution in [2.24, 2.45) is 0 Å². The van der Waals surface area contributed by atoms with E-state index in [1.54, 1.807) is 23.0 Å². The smallest absolute Gasteiger partial charge is 0.306 e. The number of hydrogen-bond acceptors (Lipinski definition) is 4. The number of ether oxygens (including phenoxy) is 1. The molecule has 5 nitrogen and oxygen atoms in total. The summed E-state index contributed by atoms with van der Waals surface area (Å²) in [4.78, 5) is 11.5. The van der Waals surface area contributed by atoms with Crippen LogP contribution in [-0.2, 0) is 16.1 Å². The van der Waals surface area contributed by atoms with Crippen LogP contribution in [-0.4, -0.2) is 21.0 Å². The average molecular weight is 308 g/mol. The predicted molar refractivity (Wildman–Crippen MR) is 80.3 cm³/mol. The van der Waals surface area contributed by atoms with Crippen LogP contribution >= 0.6 is 11.6 Å². The van der Waals surface area contributed by atoms with Gasteiger partial charge in [-0.1, -0.05) is 36.6 Å². The first-order chi connectivity index (χ1) is 10.2. The number of aromatic nitrogens is 3. The molecular formula is C15H18ClN3O2. The minimum Gasteiger partial charge on any atom is -0.459 e. The van der Waals surface area contributed by atoms with Crippen molar-refractivity contribution < 1.29 is 9.53 Å². The highest BCUT2D eigenvalue weighted by molar-refractivity contribution is 6.30. The second kappa shape index (κ2) is 7.78. The van der Waals surface area contributed by atoms with Gasteiger partial charge in [-0.15, -0.1) is 5.10 Å². The van der Waals surface area contributed by atoms with Crippen molar-refractivity contribution in [3.05, 3.63) is 41.2 Å². The van der Waals surface area contributed by atoms with E-state index in [0.717, 1.165) is 24.9 Å². The van der Waals surface area contributed by atoms with E-state index in [9.17, 15) is 4.79 Å². The molecule has 0 aliphatic carbocycles. The summed E-state index contributed by atoms with van der Waals surface area (Å²) in [5, 5.41) is 8.65. The van der Waals surface area contributed by atoms with Gasteiger partial charge in [0.15, 0.2) is 0 Å². The molecule has 0 atom stereocenters. The maximum Gasteiger partial charge on any atom is 0.306 e. The fourth-order valence-electron chi connectivity index (χ4n) is 1.83. The fourth-order valence-corrected chi connectivity index (χ4v) is 1.96. The third kappa shape index (κ3) is 4.86. The van der Waals surface area contributed by atoms with E-state index in [1.807, 2.05) is 12.1 Å². The zero-order chi connectivity index (χ0) is 15.1. The second-order valence-corrected chi connectivity index (χ2v) is 5.19. The lowest BCUT2D eigenvalue weighted by Gasteiger charge is -2.01. The molecule has 0 saturated heterocycles. The van der Waals surface area contributed by atoms with Crippen LogP contribution in [0.1, 0.15) is 38.3 Å². The molecule has 0 unspecified atom stereocenters. The molecule has 0 aliphatic heterocycles. The van der Waals surface area contributed by atoms with Gasteiger partial charge in [0.1, 0.15) is 12.3 Å². The van der Waals surface area contributed by atoms with Crippen molar-refractivity contribution in [2.75, 3.05) is 0 Å². The highest BCUT2D eigenvalue weighted by Crippen LogP contribution is 2.13. The number of halogens is 1. The van der Waals surface area contributed by atoms with Crippen molar-refractivity contribution in [1.29, 1.82) is 0 Å². The molecule has 0 bridgehead atoms. The molecule has 112 valence electrons. The van der Waals surface area contributed by atoms with E-state index in [2.05, 4.69) is 17.2 Å². The van der Waals surface area contributed by atoms with Crippen LogP contribution < -0.4 is 0 Å². The minimum atomic E-state index is -0.190. The maximum absolute atomic E-state index is 11.5. The second-order valence-electron chi connectivity index (χ2n) is 4.75. The van der Waals surface area contributed by atoms with E-state index in [0.29, 0.717) is 17.1 Å². The van der Waals surface area contributed by atoms with Crippen LogP contribution in [0.4, 0.5) is 0 Å². The topological polar surface area (TPSA) is 57.0 Å². The molecule has 0 aliphatic rings. The highest BCUT2D eigenvalue weighted by Gasteiger charge is 2.07. The van der Waals surface area contributed by atoms with Gasteiger partial charge < -0.3 is 4.74 Å². The molecule has 0 radical (unpaired) electrons. The average Bonchev–Trinajstić information content (AvgIpc) is 2.95. The van der Waals surface area contributed by atoms with E-state index in [1.165, 1.54) is 0 Å². The zero-order valence-corrected chi connectivity index (χ0v) is 12.7. The summed E-state index contributed by atoms with van der Waals surface area (Å²) in [6.45, 7) is 2.25. The Morgan fingerprint density at radius 2 is 2.05 bits per heavy atom. The lowest BCUT2D eigenvalue weighted by molar-refractivity contribution is -0.145. The standard InChI is InChI=1S/C15H18ClN3O2/c1-2-3-4-5-15(20)21-11-13-10-19(18-17-13)14-8-6-12(16)7-9-14/h6-10H,2-5,11H2,1H3. The van der Waals surface area contributed by atoms with Crippen LogP contribution in [0, 0.1) is 0 Å². The number of carbonyl (C=O) groups is 1. The summed E-state index contributed by atoms with van der Waals surface area (Å²) in [6.07, 6.45) is 5.19. The number of rotatable bonds is 7. The molecule has 0 saturated carbocycles. The SMILES string of the molecule is CCCCCC(=O)OCc1cn(-c2ccc(Cl)cc2)nn1. The fraction of sp³-hybridized carbons (Fsp3) is 0.400. The Hall–Kier alpha value is -1.88. The number of benzene rings is 1. The molecule has 2 rings (SSSR count). The maximum atomic E-state index is 11.5. The lowest BCUT2D eigenvalue weighted by Crippen LogP contribution is -2.04. The van der Waals surface area contributed by atoms with E-state index in [-0.39, 0.29) is 12.6 Å². The monoisotopic (exact) mass is 307 g/mol. The quantitative estimate of drug-likeness (QED) is 0.580. The van der Waals surface area contributed by atoms with Crippen molar-refractivity contribution in [3.8, 4) is 5.69 Å². The Balaban J connectivity index is 1.86. The molecule has 2 aromatic rings. The Morgan fingerprint density at radius 1 is 1.29 bits per heavy atom. The lowest BCUT2D eigenvalue weighted by atomic mass is 10.2. The van der Waals surface area contributed by atoms with Crippen LogP contribution in [0.3, 0.4) is 0 Å². The van der Waals surface area contributed by atoms with Crippen LogP contribution in [0.5, 0.6) is 0 Å². The van der Waals surface area contributed by atoms with E-state index >= 15 is 0 Å².